The lowest BCUT2D eigenvalue weighted by molar-refractivity contribution is -0.140. The van der Waals surface area contributed by atoms with Crippen molar-refractivity contribution in [1.29, 1.82) is 0 Å². The van der Waals surface area contributed by atoms with Crippen LogP contribution in [0.4, 0.5) is 18.9 Å². The number of carbonyl (C=O) groups excluding carboxylic acids is 1. The van der Waals surface area contributed by atoms with Crippen LogP contribution in [0.15, 0.2) is 34.6 Å². The Morgan fingerprint density at radius 3 is 2.80 bits per heavy atom. The molecule has 1 aliphatic rings. The highest BCUT2D eigenvalue weighted by Crippen LogP contribution is 2.31. The van der Waals surface area contributed by atoms with Crippen LogP contribution in [0.5, 0.6) is 5.75 Å². The lowest BCUT2D eigenvalue weighted by atomic mass is 10.2. The lowest BCUT2D eigenvalue weighted by Crippen LogP contribution is -2.42. The molecule has 0 spiro atoms. The smallest absolute Gasteiger partial charge is 0.434 e. The van der Waals surface area contributed by atoms with Crippen LogP contribution in [0.1, 0.15) is 17.1 Å². The maximum atomic E-state index is 12.6. The Morgan fingerprint density at radius 2 is 2.10 bits per heavy atom. The number of hydrogen-bond donors (Lipinski definition) is 2. The fourth-order valence-corrected chi connectivity index (χ4v) is 3.49. The van der Waals surface area contributed by atoms with E-state index in [1.54, 1.807) is 11.9 Å². The quantitative estimate of drug-likeness (QED) is 0.248. The molecule has 1 aliphatic heterocycles. The molecule has 0 atom stereocenters. The number of aliphatic imine (C=N–C) groups is 1. The summed E-state index contributed by atoms with van der Waals surface area (Å²) in [4.78, 5) is 21.4. The van der Waals surface area contributed by atoms with Crippen molar-refractivity contribution in [3.63, 3.8) is 0 Å². The van der Waals surface area contributed by atoms with Gasteiger partial charge in [-0.05, 0) is 18.6 Å². The van der Waals surface area contributed by atoms with Crippen molar-refractivity contribution in [1.82, 2.24) is 15.6 Å². The molecule has 2 N–H and O–H groups in total. The molecule has 1 aromatic heterocycles. The number of nitrogens with one attached hydrogen (secondary N) is 2. The van der Waals surface area contributed by atoms with E-state index in [-0.39, 0.29) is 43.0 Å². The Bertz CT molecular complexity index is 891. The van der Waals surface area contributed by atoms with E-state index in [1.165, 1.54) is 0 Å². The molecule has 0 saturated heterocycles. The molecule has 3 rings (SSSR count). The lowest BCUT2D eigenvalue weighted by Gasteiger charge is -2.29. The highest BCUT2D eigenvalue weighted by Gasteiger charge is 2.33. The first-order valence-electron chi connectivity index (χ1n) is 8.87. The second-order valence-corrected chi connectivity index (χ2v) is 7.07. The molecule has 30 heavy (non-hydrogen) atoms. The summed E-state index contributed by atoms with van der Waals surface area (Å²) in [5, 5.41) is 7.32. The van der Waals surface area contributed by atoms with Crippen molar-refractivity contribution >= 4 is 52.9 Å². The minimum atomic E-state index is -4.44. The summed E-state index contributed by atoms with van der Waals surface area (Å²) in [7, 11) is 1.57. The molecule has 12 heteroatoms. The first-order valence-corrected chi connectivity index (χ1v) is 9.75. The van der Waals surface area contributed by atoms with Gasteiger partial charge in [0.05, 0.1) is 12.2 Å². The van der Waals surface area contributed by atoms with E-state index in [4.69, 9.17) is 4.74 Å². The molecular formula is C18H21F3IN5O2S. The Labute approximate surface area is 192 Å². The first-order chi connectivity index (χ1) is 13.9. The van der Waals surface area contributed by atoms with Gasteiger partial charge in [-0.2, -0.15) is 13.2 Å². The number of fused-ring (bicyclic) bond motifs is 1. The molecule has 7 nitrogen and oxygen atoms in total. The zero-order valence-corrected chi connectivity index (χ0v) is 19.2. The summed E-state index contributed by atoms with van der Waals surface area (Å²) in [6.07, 6.45) is -3.79. The molecule has 0 radical (unpaired) electrons. The molecule has 1 amide bonds. The molecule has 0 bridgehead atoms. The summed E-state index contributed by atoms with van der Waals surface area (Å²) in [5.41, 5.74) is -0.145. The van der Waals surface area contributed by atoms with Gasteiger partial charge < -0.3 is 20.3 Å². The van der Waals surface area contributed by atoms with Crippen LogP contribution in [0.2, 0.25) is 0 Å². The number of alkyl halides is 3. The monoisotopic (exact) mass is 555 g/mol. The number of ether oxygens (including phenoxy) is 1. The van der Waals surface area contributed by atoms with Gasteiger partial charge in [0.15, 0.2) is 18.3 Å². The standard InChI is InChI=1S/C18H20F3N5O2S.HI/c1-22-17(24-9-15-25-14(11-29-15)18(19,20)21)23-7-4-8-26-12-5-2-3-6-13(12)28-10-16(26)27;/h2-3,5-6,11H,4,7-10H2,1H3,(H2,22,23,24);1H. The van der Waals surface area contributed by atoms with Crippen LogP contribution < -0.4 is 20.3 Å². The van der Waals surface area contributed by atoms with Crippen molar-refractivity contribution in [2.45, 2.75) is 19.1 Å². The van der Waals surface area contributed by atoms with E-state index in [0.29, 0.717) is 36.2 Å². The predicted octanol–water partition coefficient (Wildman–Crippen LogP) is 3.26. The second kappa shape index (κ2) is 10.8. The van der Waals surface area contributed by atoms with Crippen molar-refractivity contribution in [2.75, 3.05) is 31.6 Å². The zero-order chi connectivity index (χ0) is 20.9. The minimum absolute atomic E-state index is 0. The van der Waals surface area contributed by atoms with Crippen LogP contribution in [0, 0.1) is 0 Å². The van der Waals surface area contributed by atoms with Gasteiger partial charge in [-0.1, -0.05) is 12.1 Å². The maximum Gasteiger partial charge on any atom is 0.434 e. The SMILES string of the molecule is CN=C(NCCCN1C(=O)COc2ccccc21)NCc1nc(C(F)(F)F)cs1.I. The van der Waals surface area contributed by atoms with Crippen molar-refractivity contribution < 1.29 is 22.7 Å². The molecule has 2 aromatic rings. The second-order valence-electron chi connectivity index (χ2n) is 6.13. The number of para-hydroxylation sites is 2. The molecule has 0 saturated carbocycles. The fraction of sp³-hybridized carbons (Fsp3) is 0.389. The molecule has 164 valence electrons. The number of aromatic nitrogens is 1. The largest absolute Gasteiger partial charge is 0.482 e. The van der Waals surface area contributed by atoms with Crippen LogP contribution in [0.25, 0.3) is 0 Å². The third-order valence-electron chi connectivity index (χ3n) is 4.13. The summed E-state index contributed by atoms with van der Waals surface area (Å²) >= 11 is 0.937. The molecule has 0 aliphatic carbocycles. The van der Waals surface area contributed by atoms with Gasteiger partial charge in [0.25, 0.3) is 5.91 Å². The highest BCUT2D eigenvalue weighted by atomic mass is 127. The van der Waals surface area contributed by atoms with Gasteiger partial charge in [-0.15, -0.1) is 35.3 Å². The molecular weight excluding hydrogens is 534 g/mol. The van der Waals surface area contributed by atoms with E-state index in [0.717, 1.165) is 22.4 Å². The van der Waals surface area contributed by atoms with Gasteiger partial charge in [0.2, 0.25) is 0 Å². The van der Waals surface area contributed by atoms with Gasteiger partial charge in [-0.25, -0.2) is 4.98 Å². The number of hydrogen-bond acceptors (Lipinski definition) is 5. The number of carbonyl (C=O) groups is 1. The number of halogens is 4. The number of thiazole rings is 1. The number of rotatable bonds is 6. The molecule has 0 unspecified atom stereocenters. The van der Waals surface area contributed by atoms with E-state index >= 15 is 0 Å². The van der Waals surface area contributed by atoms with Crippen molar-refractivity contribution in [2.24, 2.45) is 4.99 Å². The van der Waals surface area contributed by atoms with Gasteiger partial charge >= 0.3 is 6.18 Å². The fourth-order valence-electron chi connectivity index (χ4n) is 2.75. The highest BCUT2D eigenvalue weighted by molar-refractivity contribution is 14.0. The van der Waals surface area contributed by atoms with Crippen LogP contribution in [0.3, 0.4) is 0 Å². The van der Waals surface area contributed by atoms with Crippen LogP contribution >= 0.6 is 35.3 Å². The number of nitrogens with zero attached hydrogens (tertiary/aromatic N) is 3. The Balaban J connectivity index is 0.00000320. The van der Waals surface area contributed by atoms with Gasteiger partial charge in [-0.3, -0.25) is 9.79 Å². The van der Waals surface area contributed by atoms with E-state index in [1.807, 2.05) is 24.3 Å². The average molecular weight is 555 g/mol. The Hall–Kier alpha value is -2.09. The minimum Gasteiger partial charge on any atom is -0.482 e. The number of benzene rings is 1. The van der Waals surface area contributed by atoms with E-state index < -0.39 is 11.9 Å². The summed E-state index contributed by atoms with van der Waals surface area (Å²) in [5.74, 6) is 1.03. The van der Waals surface area contributed by atoms with Gasteiger partial charge in [0.1, 0.15) is 10.8 Å². The summed E-state index contributed by atoms with van der Waals surface area (Å²) < 4.78 is 43.2. The van der Waals surface area contributed by atoms with E-state index in [9.17, 15) is 18.0 Å². The van der Waals surface area contributed by atoms with Crippen LogP contribution in [-0.4, -0.2) is 43.6 Å². The normalized spacial score (nSPS) is 13.9. The third-order valence-corrected chi connectivity index (χ3v) is 4.98. The zero-order valence-electron chi connectivity index (χ0n) is 16.0. The van der Waals surface area contributed by atoms with E-state index in [2.05, 4.69) is 20.6 Å². The number of amides is 1. The van der Waals surface area contributed by atoms with Crippen LogP contribution in [-0.2, 0) is 17.5 Å². The summed E-state index contributed by atoms with van der Waals surface area (Å²) in [6, 6.07) is 7.36. The predicted molar refractivity (Wildman–Crippen MR) is 120 cm³/mol. The van der Waals surface area contributed by atoms with Crippen molar-refractivity contribution in [3.05, 3.63) is 40.3 Å². The molecule has 0 fully saturated rings. The number of guanidine groups is 1. The Morgan fingerprint density at radius 1 is 1.33 bits per heavy atom. The molecule has 1 aromatic carbocycles. The van der Waals surface area contributed by atoms with Gasteiger partial charge in [0, 0.05) is 25.5 Å². The topological polar surface area (TPSA) is 78.9 Å². The summed E-state index contributed by atoms with van der Waals surface area (Å²) in [6.45, 7) is 1.18. The average Bonchev–Trinajstić information content (AvgIpc) is 3.18. The third kappa shape index (κ3) is 6.20. The van der Waals surface area contributed by atoms with Crippen molar-refractivity contribution in [3.8, 4) is 5.75 Å². The first kappa shape index (κ1) is 24.2. The number of anilines is 1. The molecule has 2 heterocycles. The maximum absolute atomic E-state index is 12.6. The Kier molecular flexibility index (Phi) is 8.70.